The molecule has 0 aromatic heterocycles. The number of anilines is 1. The average Bonchev–Trinajstić information content (AvgIpc) is 2.86. The summed E-state index contributed by atoms with van der Waals surface area (Å²) in [6.45, 7) is 1.51. The van der Waals surface area contributed by atoms with Gasteiger partial charge >= 0.3 is 6.03 Å². The molecule has 1 heterocycles. The molecule has 2 aromatic carbocycles. The molecule has 0 radical (unpaired) electrons. The number of benzene rings is 2. The molecule has 0 spiro atoms. The molecule has 1 aliphatic rings. The number of carbonyl (C=O) groups excluding carboxylic acids is 3. The molecular weight excluding hydrogens is 398 g/mol. The van der Waals surface area contributed by atoms with Crippen molar-refractivity contribution in [2.75, 3.05) is 11.9 Å². The van der Waals surface area contributed by atoms with Crippen molar-refractivity contribution in [2.45, 2.75) is 6.92 Å². The maximum atomic E-state index is 12.4. The Kier molecular flexibility index (Phi) is 5.18. The van der Waals surface area contributed by atoms with E-state index in [1.54, 1.807) is 18.2 Å². The van der Waals surface area contributed by atoms with Crippen LogP contribution in [-0.4, -0.2) is 29.3 Å². The Hall–Kier alpha value is -2.93. The molecule has 0 atom stereocenters. The molecule has 0 bridgehead atoms. The zero-order valence-corrected chi connectivity index (χ0v) is 15.5. The van der Waals surface area contributed by atoms with Gasteiger partial charge < -0.3 is 10.6 Å². The maximum Gasteiger partial charge on any atom is 0.329 e. The molecule has 3 rings (SSSR count). The van der Waals surface area contributed by atoms with Gasteiger partial charge in [0.25, 0.3) is 5.91 Å². The van der Waals surface area contributed by atoms with E-state index in [-0.39, 0.29) is 12.2 Å². The summed E-state index contributed by atoms with van der Waals surface area (Å²) in [6, 6.07) is 14.0. The van der Waals surface area contributed by atoms with Gasteiger partial charge in [0, 0.05) is 10.2 Å². The first-order valence-corrected chi connectivity index (χ1v) is 8.69. The van der Waals surface area contributed by atoms with Crippen molar-refractivity contribution in [3.05, 3.63) is 69.8 Å². The van der Waals surface area contributed by atoms with Crippen LogP contribution < -0.4 is 10.6 Å². The van der Waals surface area contributed by atoms with Gasteiger partial charge in [-0.1, -0.05) is 46.3 Å². The van der Waals surface area contributed by atoms with Crippen molar-refractivity contribution in [2.24, 2.45) is 0 Å². The molecule has 132 valence electrons. The number of carbonyl (C=O) groups is 3. The highest BCUT2D eigenvalue weighted by atomic mass is 79.9. The van der Waals surface area contributed by atoms with Crippen LogP contribution in [0.4, 0.5) is 10.5 Å². The van der Waals surface area contributed by atoms with Crippen molar-refractivity contribution in [1.29, 1.82) is 0 Å². The van der Waals surface area contributed by atoms with E-state index in [1.807, 2.05) is 43.3 Å². The third-order valence-electron chi connectivity index (χ3n) is 3.86. The largest absolute Gasteiger partial charge is 0.329 e. The van der Waals surface area contributed by atoms with Crippen LogP contribution in [0.5, 0.6) is 0 Å². The molecule has 6 nitrogen and oxygen atoms in total. The van der Waals surface area contributed by atoms with E-state index in [0.717, 1.165) is 20.5 Å². The smallest absolute Gasteiger partial charge is 0.324 e. The molecule has 2 N–H and O–H groups in total. The van der Waals surface area contributed by atoms with Gasteiger partial charge in [-0.25, -0.2) is 9.69 Å². The average molecular weight is 414 g/mol. The molecule has 26 heavy (non-hydrogen) atoms. The first kappa shape index (κ1) is 17.9. The third kappa shape index (κ3) is 4.00. The normalized spacial score (nSPS) is 15.3. The van der Waals surface area contributed by atoms with E-state index in [0.29, 0.717) is 5.69 Å². The zero-order valence-electron chi connectivity index (χ0n) is 14.0. The molecule has 0 aliphatic carbocycles. The van der Waals surface area contributed by atoms with Gasteiger partial charge in [0.15, 0.2) is 0 Å². The highest BCUT2D eigenvalue weighted by Crippen LogP contribution is 2.17. The second-order valence-electron chi connectivity index (χ2n) is 5.79. The van der Waals surface area contributed by atoms with Gasteiger partial charge in [-0.15, -0.1) is 0 Å². The third-order valence-corrected chi connectivity index (χ3v) is 4.39. The highest BCUT2D eigenvalue weighted by Gasteiger charge is 2.34. The lowest BCUT2D eigenvalue weighted by Gasteiger charge is -2.13. The van der Waals surface area contributed by atoms with Crippen LogP contribution in [0.3, 0.4) is 0 Å². The Morgan fingerprint density at radius 1 is 1.15 bits per heavy atom. The Bertz CT molecular complexity index is 907. The van der Waals surface area contributed by atoms with E-state index < -0.39 is 17.8 Å². The van der Waals surface area contributed by atoms with Crippen LogP contribution >= 0.6 is 15.9 Å². The molecule has 4 amide bonds. The van der Waals surface area contributed by atoms with Gasteiger partial charge in [0.1, 0.15) is 12.2 Å². The fourth-order valence-corrected chi connectivity index (χ4v) is 2.75. The van der Waals surface area contributed by atoms with E-state index in [2.05, 4.69) is 26.6 Å². The van der Waals surface area contributed by atoms with Crippen molar-refractivity contribution in [3.63, 3.8) is 0 Å². The highest BCUT2D eigenvalue weighted by molar-refractivity contribution is 9.10. The van der Waals surface area contributed by atoms with Crippen molar-refractivity contribution < 1.29 is 14.4 Å². The Labute approximate surface area is 159 Å². The van der Waals surface area contributed by atoms with E-state index in [9.17, 15) is 14.4 Å². The number of nitrogens with one attached hydrogen (secondary N) is 2. The van der Waals surface area contributed by atoms with E-state index >= 15 is 0 Å². The monoisotopic (exact) mass is 413 g/mol. The van der Waals surface area contributed by atoms with Gasteiger partial charge in [-0.05, 0) is 42.3 Å². The Balaban J connectivity index is 1.70. The summed E-state index contributed by atoms with van der Waals surface area (Å²) in [5.74, 6) is -0.967. The minimum absolute atomic E-state index is 0.140. The molecule has 1 saturated heterocycles. The van der Waals surface area contributed by atoms with Crippen molar-refractivity contribution in [1.82, 2.24) is 10.2 Å². The number of hydrogen-bond acceptors (Lipinski definition) is 3. The van der Waals surface area contributed by atoms with Crippen molar-refractivity contribution >= 4 is 45.5 Å². The van der Waals surface area contributed by atoms with Crippen molar-refractivity contribution in [3.8, 4) is 0 Å². The molecular formula is C19H16BrN3O3. The minimum Gasteiger partial charge on any atom is -0.324 e. The number of aryl methyl sites for hydroxylation is 1. The predicted octanol–water partition coefficient (Wildman–Crippen LogP) is 3.29. The molecule has 1 fully saturated rings. The van der Waals surface area contributed by atoms with Gasteiger partial charge in [-0.2, -0.15) is 0 Å². The summed E-state index contributed by atoms with van der Waals surface area (Å²) in [5, 5.41) is 5.22. The number of halogens is 1. The molecule has 1 aliphatic heterocycles. The summed E-state index contributed by atoms with van der Waals surface area (Å²) in [5.41, 5.74) is 2.45. The number of hydrogen-bond donors (Lipinski definition) is 2. The molecule has 2 aromatic rings. The van der Waals surface area contributed by atoms with Gasteiger partial charge in [0.2, 0.25) is 5.91 Å². The lowest BCUT2D eigenvalue weighted by Crippen LogP contribution is -2.38. The SMILES string of the molecule is Cc1ccccc1NC(=O)CN1C(=O)N/C(=C\c2ccc(Br)cc2)C1=O. The van der Waals surface area contributed by atoms with Crippen LogP contribution in [0.2, 0.25) is 0 Å². The second kappa shape index (κ2) is 7.53. The fourth-order valence-electron chi connectivity index (χ4n) is 2.49. The number of imide groups is 1. The summed E-state index contributed by atoms with van der Waals surface area (Å²) in [4.78, 5) is 37.6. The number of rotatable bonds is 4. The van der Waals surface area contributed by atoms with Crippen LogP contribution in [-0.2, 0) is 9.59 Å². The summed E-state index contributed by atoms with van der Waals surface area (Å²) in [7, 11) is 0. The lowest BCUT2D eigenvalue weighted by atomic mass is 10.2. The van der Waals surface area contributed by atoms with Crippen LogP contribution in [0, 0.1) is 6.92 Å². The topological polar surface area (TPSA) is 78.5 Å². The quantitative estimate of drug-likeness (QED) is 0.596. The van der Waals surface area contributed by atoms with Gasteiger partial charge in [-0.3, -0.25) is 9.59 Å². The molecule has 0 unspecified atom stereocenters. The Morgan fingerprint density at radius 2 is 1.85 bits per heavy atom. The first-order valence-electron chi connectivity index (χ1n) is 7.89. The number of amides is 4. The predicted molar refractivity (Wildman–Crippen MR) is 102 cm³/mol. The zero-order chi connectivity index (χ0) is 18.7. The summed E-state index contributed by atoms with van der Waals surface area (Å²) < 4.78 is 0.913. The maximum absolute atomic E-state index is 12.4. The van der Waals surface area contributed by atoms with Gasteiger partial charge in [0.05, 0.1) is 0 Å². The lowest BCUT2D eigenvalue weighted by molar-refractivity contribution is -0.127. The summed E-state index contributed by atoms with van der Waals surface area (Å²) >= 11 is 3.34. The van der Waals surface area contributed by atoms with E-state index in [4.69, 9.17) is 0 Å². The molecule has 0 saturated carbocycles. The molecule has 7 heteroatoms. The number of nitrogens with zero attached hydrogens (tertiary/aromatic N) is 1. The fraction of sp³-hybridized carbons (Fsp3) is 0.105. The van der Waals surface area contributed by atoms with Crippen LogP contribution in [0.25, 0.3) is 6.08 Å². The number of urea groups is 1. The summed E-state index contributed by atoms with van der Waals surface area (Å²) in [6.07, 6.45) is 1.58. The standard InChI is InChI=1S/C19H16BrN3O3/c1-12-4-2-3-5-15(12)21-17(24)11-23-18(25)16(22-19(23)26)10-13-6-8-14(20)9-7-13/h2-10H,11H2,1H3,(H,21,24)(H,22,26)/b16-10-. The first-order chi connectivity index (χ1) is 12.4. The minimum atomic E-state index is -0.613. The number of para-hydroxylation sites is 1. The van der Waals surface area contributed by atoms with Crippen LogP contribution in [0.15, 0.2) is 58.7 Å². The second-order valence-corrected chi connectivity index (χ2v) is 6.71. The van der Waals surface area contributed by atoms with Crippen LogP contribution in [0.1, 0.15) is 11.1 Å². The Morgan fingerprint density at radius 3 is 2.54 bits per heavy atom. The van der Waals surface area contributed by atoms with E-state index in [1.165, 1.54) is 0 Å².